The van der Waals surface area contributed by atoms with Gasteiger partial charge in [0.15, 0.2) is 19.8 Å². The number of halogens is 1. The van der Waals surface area contributed by atoms with E-state index in [9.17, 15) is 0 Å². The number of rotatable bonds is 16. The molecule has 3 aromatic rings. The second kappa shape index (κ2) is 15.6. The summed E-state index contributed by atoms with van der Waals surface area (Å²) in [6, 6.07) is 2.25. The summed E-state index contributed by atoms with van der Waals surface area (Å²) in [7, 11) is -4.35. The Hall–Kier alpha value is -0.939. The van der Waals surface area contributed by atoms with Crippen molar-refractivity contribution in [2.75, 3.05) is 31.6 Å². The predicted octanol–water partition coefficient (Wildman–Crippen LogP) is 10.9. The molecule has 3 atom stereocenters. The Balaban J connectivity index is 1.52. The van der Waals surface area contributed by atoms with Gasteiger partial charge in [0.25, 0.3) is 0 Å². The Morgan fingerprint density at radius 1 is 0.898 bits per heavy atom. The van der Waals surface area contributed by atoms with Gasteiger partial charge in [0.2, 0.25) is 0 Å². The molecule has 0 aromatic carbocycles. The number of aromatic nitrogens is 4. The fourth-order valence-electron chi connectivity index (χ4n) is 6.65. The molecule has 8 nitrogen and oxygen atoms in total. The van der Waals surface area contributed by atoms with Crippen molar-refractivity contribution in [2.45, 2.75) is 135 Å². The first kappa shape index (κ1) is 39.3. The molecule has 0 amide bonds. The fraction of sp³-hybridized carbons (Fsp3) is 0.750. The van der Waals surface area contributed by atoms with Crippen LogP contribution >= 0.6 is 27.3 Å². The lowest BCUT2D eigenvalue weighted by Crippen LogP contribution is -2.40. The van der Waals surface area contributed by atoms with Gasteiger partial charge in [-0.1, -0.05) is 72.9 Å². The molecule has 0 N–H and O–H groups in total. The zero-order valence-corrected chi connectivity index (χ0v) is 37.5. The minimum absolute atomic E-state index is 0.154. The van der Waals surface area contributed by atoms with Crippen molar-refractivity contribution in [3.05, 3.63) is 27.6 Å². The molecule has 3 heterocycles. The molecule has 2 bridgehead atoms. The van der Waals surface area contributed by atoms with Gasteiger partial charge in [0.1, 0.15) is 18.5 Å². The summed E-state index contributed by atoms with van der Waals surface area (Å²) in [5, 5.41) is 6.15. The molecule has 2 aliphatic rings. The molecule has 274 valence electrons. The van der Waals surface area contributed by atoms with Crippen LogP contribution in [0.25, 0.3) is 16.1 Å². The average molecular weight is 809 g/mol. The highest BCUT2D eigenvalue weighted by Gasteiger charge is 2.39. The second-order valence-corrected chi connectivity index (χ2v) is 36.5. The van der Waals surface area contributed by atoms with E-state index < -0.39 is 24.5 Å². The largest absolute Gasteiger partial charge is 0.410 e. The molecule has 5 rings (SSSR count). The summed E-state index contributed by atoms with van der Waals surface area (Å²) in [6.07, 6.45) is 10.4. The van der Waals surface area contributed by atoms with Crippen molar-refractivity contribution in [3.63, 3.8) is 0 Å². The molecule has 1 unspecified atom stereocenters. The highest BCUT2D eigenvalue weighted by molar-refractivity contribution is 9.10. The fourth-order valence-corrected chi connectivity index (χ4v) is 10.9. The second-order valence-electron chi connectivity index (χ2n) is 18.5. The minimum Gasteiger partial charge on any atom is -0.410 e. The van der Waals surface area contributed by atoms with Crippen LogP contribution < -0.4 is 4.90 Å². The molecule has 2 saturated carbocycles. The lowest BCUT2D eigenvalue weighted by Gasteiger charge is -2.35. The molecule has 13 heteroatoms. The summed E-state index contributed by atoms with van der Waals surface area (Å²) in [4.78, 5) is 13.6. The van der Waals surface area contributed by atoms with Gasteiger partial charge in [-0.2, -0.15) is 9.61 Å². The Morgan fingerprint density at radius 3 is 2.04 bits per heavy atom. The van der Waals surface area contributed by atoms with Gasteiger partial charge in [-0.15, -0.1) is 11.3 Å². The zero-order valence-electron chi connectivity index (χ0n) is 32.1. The highest BCUT2D eigenvalue weighted by Crippen LogP contribution is 2.50. The van der Waals surface area contributed by atoms with E-state index in [-0.39, 0.29) is 5.04 Å². The Kier molecular flexibility index (Phi) is 12.5. The Morgan fingerprint density at radius 2 is 1.49 bits per heavy atom. The maximum atomic E-state index is 6.54. The molecule has 0 radical (unpaired) electrons. The standard InChI is InChI=1S/C36H62BrN5O3SSi3/c1-36(2,3)49(10,11)45-23-31-38-22-30(46-31)29-21-39-42-34(29)40-33(28-19-26-12-13-27(18-26)20-28)32(37)35(42)41(24-43-14-16-47(4,5)6)25-44-15-17-48(7,8)9/h21-22,26-28H,12-20,23-25H2,1-11H3/t26-,27+,28?. The summed E-state index contributed by atoms with van der Waals surface area (Å²) >= 11 is 5.81. The maximum Gasteiger partial charge on any atom is 0.192 e. The number of hydrogen-bond donors (Lipinski definition) is 0. The van der Waals surface area contributed by atoms with E-state index in [1.165, 1.54) is 32.1 Å². The summed E-state index contributed by atoms with van der Waals surface area (Å²) in [5.41, 5.74) is 3.05. The van der Waals surface area contributed by atoms with Crippen LogP contribution in [0.1, 0.15) is 69.5 Å². The van der Waals surface area contributed by atoms with Crippen molar-refractivity contribution in [1.29, 1.82) is 0 Å². The van der Waals surface area contributed by atoms with Crippen LogP contribution in [0.2, 0.25) is 69.5 Å². The van der Waals surface area contributed by atoms with Crippen LogP contribution in [0.5, 0.6) is 0 Å². The summed E-state index contributed by atoms with van der Waals surface area (Å²) in [5.74, 6) is 3.00. The van der Waals surface area contributed by atoms with Crippen LogP contribution in [-0.2, 0) is 20.5 Å². The molecule has 0 spiro atoms. The predicted molar refractivity (Wildman–Crippen MR) is 217 cm³/mol. The quantitative estimate of drug-likeness (QED) is 0.0810. The van der Waals surface area contributed by atoms with Crippen molar-refractivity contribution in [1.82, 2.24) is 19.6 Å². The lowest BCUT2D eigenvalue weighted by molar-refractivity contribution is 0.0941. The van der Waals surface area contributed by atoms with Crippen LogP contribution in [0.15, 0.2) is 16.9 Å². The lowest BCUT2D eigenvalue weighted by atomic mass is 9.79. The Bertz CT molecular complexity index is 1530. The first-order valence-electron chi connectivity index (χ1n) is 18.4. The van der Waals surface area contributed by atoms with Gasteiger partial charge in [-0.3, -0.25) is 0 Å². The van der Waals surface area contributed by atoms with E-state index in [0.717, 1.165) is 74.2 Å². The normalized spacial score (nSPS) is 20.4. The van der Waals surface area contributed by atoms with Crippen molar-refractivity contribution in [3.8, 4) is 10.4 Å². The number of fused-ring (bicyclic) bond motifs is 3. The third-order valence-electron chi connectivity index (χ3n) is 10.8. The molecule has 0 aliphatic heterocycles. The van der Waals surface area contributed by atoms with Crippen molar-refractivity contribution < 1.29 is 13.9 Å². The highest BCUT2D eigenvalue weighted by atomic mass is 79.9. The molecule has 2 fully saturated rings. The smallest absolute Gasteiger partial charge is 0.192 e. The minimum atomic E-state index is -1.89. The van der Waals surface area contributed by atoms with E-state index in [4.69, 9.17) is 29.0 Å². The molecular weight excluding hydrogens is 747 g/mol. The number of hydrogen-bond acceptors (Lipinski definition) is 8. The van der Waals surface area contributed by atoms with Crippen molar-refractivity contribution in [2.24, 2.45) is 11.8 Å². The number of nitrogens with zero attached hydrogens (tertiary/aromatic N) is 5. The van der Waals surface area contributed by atoms with Gasteiger partial charge >= 0.3 is 0 Å². The van der Waals surface area contributed by atoms with Crippen LogP contribution in [-0.4, -0.2) is 70.7 Å². The topological polar surface area (TPSA) is 74.0 Å². The average Bonchev–Trinajstić information content (AvgIpc) is 3.71. The monoisotopic (exact) mass is 807 g/mol. The van der Waals surface area contributed by atoms with E-state index in [0.29, 0.717) is 26.0 Å². The van der Waals surface area contributed by atoms with E-state index >= 15 is 0 Å². The van der Waals surface area contributed by atoms with E-state index in [2.05, 4.69) is 94.0 Å². The van der Waals surface area contributed by atoms with Crippen molar-refractivity contribution >= 4 is 63.2 Å². The number of thiazole rings is 1. The molecule has 3 aromatic heterocycles. The van der Waals surface area contributed by atoms with Gasteiger partial charge in [-0.25, -0.2) is 9.97 Å². The van der Waals surface area contributed by atoms with Crippen LogP contribution in [0.4, 0.5) is 5.82 Å². The third kappa shape index (κ3) is 10.1. The van der Waals surface area contributed by atoms with Crippen LogP contribution in [0, 0.1) is 11.8 Å². The Labute approximate surface area is 311 Å². The van der Waals surface area contributed by atoms with E-state index in [1.807, 2.05) is 16.9 Å². The van der Waals surface area contributed by atoms with Gasteiger partial charge in [0.05, 0.1) is 33.4 Å². The van der Waals surface area contributed by atoms with Crippen LogP contribution in [0.3, 0.4) is 0 Å². The first-order chi connectivity index (χ1) is 22.8. The maximum absolute atomic E-state index is 6.54. The molecule has 2 aliphatic carbocycles. The molecule has 49 heavy (non-hydrogen) atoms. The van der Waals surface area contributed by atoms with E-state index in [1.54, 1.807) is 11.3 Å². The SMILES string of the molecule is CC(C)(C)[Si](C)(C)OCc1ncc(-c2cnn3c(N(COCC[Si](C)(C)C)COCC[Si](C)(C)C)c(Br)c(C4C[C@H]5CC[C@@H](C4)C5)nc23)s1. The molecule has 0 saturated heterocycles. The van der Waals surface area contributed by atoms with Gasteiger partial charge < -0.3 is 18.8 Å². The van der Waals surface area contributed by atoms with Gasteiger partial charge in [-0.05, 0) is 77.2 Å². The summed E-state index contributed by atoms with van der Waals surface area (Å²) < 4.78 is 22.4. The zero-order chi connectivity index (χ0) is 35.8. The molecular formula is C36H62BrN5O3SSi3. The number of anilines is 1. The number of ether oxygens (including phenoxy) is 2. The first-order valence-corrected chi connectivity index (χ1v) is 30.3. The summed E-state index contributed by atoms with van der Waals surface area (Å²) in [6.45, 7) is 28.7. The van der Waals surface area contributed by atoms with Gasteiger partial charge in [0, 0.05) is 41.5 Å². The third-order valence-corrected chi connectivity index (χ3v) is 20.5.